The van der Waals surface area contributed by atoms with Crippen LogP contribution in [0.5, 0.6) is 5.75 Å². The number of aromatic nitrogens is 3. The molecule has 0 amide bonds. The van der Waals surface area contributed by atoms with Gasteiger partial charge in [-0.25, -0.2) is 14.2 Å². The zero-order valence-electron chi connectivity index (χ0n) is 24.5. The van der Waals surface area contributed by atoms with Gasteiger partial charge in [0.15, 0.2) is 6.61 Å². The maximum atomic E-state index is 15.0. The number of hydrogen-bond acceptors (Lipinski definition) is 7. The standard InChI is InChI=1S/C33H33FN4O4/c1-21-10-11-24(32-22(2)36-42-23(32)3)16-29(21)38(26-12-13-28(34)30(18-26)37-15-14-35-20-37)25-8-7-9-27(17-25)40-19-31(39)41-33(4,5)6/h7-18,20H,19H2,1-6H3. The van der Waals surface area contributed by atoms with Crippen molar-refractivity contribution in [1.29, 1.82) is 0 Å². The van der Waals surface area contributed by atoms with E-state index in [1.807, 2.05) is 76.8 Å². The molecule has 0 spiro atoms. The molecule has 5 aromatic rings. The molecule has 0 saturated carbocycles. The Bertz CT molecular complexity index is 1700. The molecule has 2 aromatic heterocycles. The zero-order chi connectivity index (χ0) is 30.0. The van der Waals surface area contributed by atoms with E-state index in [-0.39, 0.29) is 12.4 Å². The predicted octanol–water partition coefficient (Wildman–Crippen LogP) is 7.78. The second kappa shape index (κ2) is 11.5. The van der Waals surface area contributed by atoms with Crippen LogP contribution in [0.1, 0.15) is 37.8 Å². The highest BCUT2D eigenvalue weighted by atomic mass is 19.1. The van der Waals surface area contributed by atoms with Gasteiger partial charge in [-0.1, -0.05) is 23.4 Å². The summed E-state index contributed by atoms with van der Waals surface area (Å²) < 4.78 is 33.3. The summed E-state index contributed by atoms with van der Waals surface area (Å²) in [5.74, 6) is 0.360. The average Bonchev–Trinajstić information content (AvgIpc) is 3.59. The normalized spacial score (nSPS) is 11.4. The maximum Gasteiger partial charge on any atom is 0.344 e. The highest BCUT2D eigenvalue weighted by molar-refractivity contribution is 5.83. The van der Waals surface area contributed by atoms with Gasteiger partial charge in [-0.05, 0) is 89.1 Å². The van der Waals surface area contributed by atoms with E-state index in [4.69, 9.17) is 14.0 Å². The van der Waals surface area contributed by atoms with Crippen LogP contribution in [0.4, 0.5) is 21.5 Å². The number of nitrogens with zero attached hydrogens (tertiary/aromatic N) is 4. The maximum absolute atomic E-state index is 15.0. The summed E-state index contributed by atoms with van der Waals surface area (Å²) in [5.41, 5.74) is 5.69. The van der Waals surface area contributed by atoms with Gasteiger partial charge in [-0.15, -0.1) is 0 Å². The molecule has 3 aromatic carbocycles. The lowest BCUT2D eigenvalue weighted by molar-refractivity contribution is -0.157. The van der Waals surface area contributed by atoms with E-state index in [0.717, 1.165) is 39.5 Å². The van der Waals surface area contributed by atoms with Gasteiger partial charge < -0.3 is 23.5 Å². The molecule has 216 valence electrons. The molecule has 0 fully saturated rings. The van der Waals surface area contributed by atoms with Gasteiger partial charge in [0.05, 0.1) is 17.7 Å². The summed E-state index contributed by atoms with van der Waals surface area (Å²) in [7, 11) is 0. The number of benzene rings is 3. The largest absolute Gasteiger partial charge is 0.482 e. The topological polar surface area (TPSA) is 82.6 Å². The number of anilines is 3. The molecule has 0 aliphatic carbocycles. The SMILES string of the molecule is Cc1ccc(-c2c(C)noc2C)cc1N(c1cccc(OCC(=O)OC(C)(C)C)c1)c1ccc(F)c(-n2ccnc2)c1. The fraction of sp³-hybridized carbons (Fsp3) is 0.242. The van der Waals surface area contributed by atoms with Crippen molar-refractivity contribution >= 4 is 23.0 Å². The van der Waals surface area contributed by atoms with Crippen molar-refractivity contribution in [3.05, 3.63) is 102 Å². The molecule has 0 radical (unpaired) electrons. The van der Waals surface area contributed by atoms with E-state index in [1.165, 1.54) is 6.07 Å². The van der Waals surface area contributed by atoms with Crippen LogP contribution < -0.4 is 9.64 Å². The summed E-state index contributed by atoms with van der Waals surface area (Å²) in [6, 6.07) is 18.5. The zero-order valence-corrected chi connectivity index (χ0v) is 24.5. The van der Waals surface area contributed by atoms with Crippen molar-refractivity contribution < 1.29 is 23.2 Å². The van der Waals surface area contributed by atoms with Crippen molar-refractivity contribution in [2.45, 2.75) is 47.1 Å². The Balaban J connectivity index is 1.62. The summed E-state index contributed by atoms with van der Waals surface area (Å²) in [6.07, 6.45) is 4.86. The van der Waals surface area contributed by atoms with Gasteiger partial charge in [0.2, 0.25) is 0 Å². The second-order valence-electron chi connectivity index (χ2n) is 11.0. The Kier molecular flexibility index (Phi) is 7.85. The van der Waals surface area contributed by atoms with Crippen LogP contribution in [0, 0.1) is 26.6 Å². The van der Waals surface area contributed by atoms with Crippen LogP contribution in [0.15, 0.2) is 83.9 Å². The Hall–Kier alpha value is -4.92. The monoisotopic (exact) mass is 568 g/mol. The van der Waals surface area contributed by atoms with E-state index in [0.29, 0.717) is 17.1 Å². The molecule has 2 heterocycles. The first-order chi connectivity index (χ1) is 20.0. The third kappa shape index (κ3) is 6.20. The molecular weight excluding hydrogens is 535 g/mol. The number of ether oxygens (including phenoxy) is 2. The van der Waals surface area contributed by atoms with Gasteiger partial charge in [0, 0.05) is 41.1 Å². The first kappa shape index (κ1) is 28.6. The Morgan fingerprint density at radius 2 is 1.81 bits per heavy atom. The second-order valence-corrected chi connectivity index (χ2v) is 11.0. The molecule has 9 heteroatoms. The molecule has 5 rings (SSSR count). The van der Waals surface area contributed by atoms with Crippen LogP contribution in [0.2, 0.25) is 0 Å². The lowest BCUT2D eigenvalue weighted by Crippen LogP contribution is -2.27. The Morgan fingerprint density at radius 3 is 2.50 bits per heavy atom. The van der Waals surface area contributed by atoms with Gasteiger partial charge in [-0.3, -0.25) is 0 Å². The molecule has 0 aliphatic rings. The Labute approximate surface area is 244 Å². The minimum atomic E-state index is -0.613. The van der Waals surface area contributed by atoms with Crippen LogP contribution in [-0.4, -0.2) is 32.9 Å². The summed E-state index contributed by atoms with van der Waals surface area (Å²) in [6.45, 7) is 11.0. The molecular formula is C33H33FN4O4. The lowest BCUT2D eigenvalue weighted by atomic mass is 10.00. The quantitative estimate of drug-likeness (QED) is 0.177. The number of carbonyl (C=O) groups is 1. The Morgan fingerprint density at radius 1 is 1.02 bits per heavy atom. The molecule has 0 unspecified atom stereocenters. The van der Waals surface area contributed by atoms with Crippen molar-refractivity contribution in [3.8, 4) is 22.6 Å². The van der Waals surface area contributed by atoms with Crippen LogP contribution in [-0.2, 0) is 9.53 Å². The summed E-state index contributed by atoms with van der Waals surface area (Å²) >= 11 is 0. The van der Waals surface area contributed by atoms with E-state index < -0.39 is 11.6 Å². The first-order valence-electron chi connectivity index (χ1n) is 13.6. The molecule has 0 N–H and O–H groups in total. The molecule has 0 atom stereocenters. The van der Waals surface area contributed by atoms with Crippen LogP contribution in [0.3, 0.4) is 0 Å². The molecule has 8 nitrogen and oxygen atoms in total. The van der Waals surface area contributed by atoms with Crippen LogP contribution in [0.25, 0.3) is 16.8 Å². The minimum absolute atomic E-state index is 0.234. The lowest BCUT2D eigenvalue weighted by Gasteiger charge is -2.28. The van der Waals surface area contributed by atoms with E-state index >= 15 is 4.39 Å². The minimum Gasteiger partial charge on any atom is -0.482 e. The number of hydrogen-bond donors (Lipinski definition) is 0. The summed E-state index contributed by atoms with van der Waals surface area (Å²) in [4.78, 5) is 18.4. The van der Waals surface area contributed by atoms with Crippen molar-refractivity contribution in [1.82, 2.24) is 14.7 Å². The van der Waals surface area contributed by atoms with Gasteiger partial charge in [0.1, 0.15) is 22.9 Å². The first-order valence-corrected chi connectivity index (χ1v) is 13.6. The highest BCUT2D eigenvalue weighted by Crippen LogP contribution is 2.41. The fourth-order valence-corrected chi connectivity index (χ4v) is 4.79. The van der Waals surface area contributed by atoms with E-state index in [2.05, 4.69) is 16.2 Å². The average molecular weight is 569 g/mol. The highest BCUT2D eigenvalue weighted by Gasteiger charge is 2.21. The van der Waals surface area contributed by atoms with E-state index in [9.17, 15) is 4.79 Å². The fourth-order valence-electron chi connectivity index (χ4n) is 4.79. The van der Waals surface area contributed by atoms with Crippen molar-refractivity contribution in [2.24, 2.45) is 0 Å². The third-order valence-corrected chi connectivity index (χ3v) is 6.60. The molecule has 0 aliphatic heterocycles. The summed E-state index contributed by atoms with van der Waals surface area (Å²) in [5, 5.41) is 4.13. The molecule has 0 bridgehead atoms. The van der Waals surface area contributed by atoms with Crippen molar-refractivity contribution in [2.75, 3.05) is 11.5 Å². The van der Waals surface area contributed by atoms with Gasteiger partial charge in [-0.2, -0.15) is 0 Å². The number of esters is 1. The smallest absolute Gasteiger partial charge is 0.344 e. The number of halogens is 1. The van der Waals surface area contributed by atoms with Crippen LogP contribution >= 0.6 is 0 Å². The number of aryl methyl sites for hydroxylation is 3. The van der Waals surface area contributed by atoms with Gasteiger partial charge >= 0.3 is 5.97 Å². The number of imidazole rings is 1. The number of carbonyl (C=O) groups excluding carboxylic acids is 1. The van der Waals surface area contributed by atoms with Crippen molar-refractivity contribution in [3.63, 3.8) is 0 Å². The van der Waals surface area contributed by atoms with E-state index in [1.54, 1.807) is 41.5 Å². The molecule has 42 heavy (non-hydrogen) atoms. The number of rotatable bonds is 8. The third-order valence-electron chi connectivity index (χ3n) is 6.60. The van der Waals surface area contributed by atoms with Gasteiger partial charge in [0.25, 0.3) is 0 Å². The molecule has 0 saturated heterocycles. The predicted molar refractivity (Wildman–Crippen MR) is 159 cm³/mol.